The van der Waals surface area contributed by atoms with E-state index in [-0.39, 0.29) is 12.0 Å². The Morgan fingerprint density at radius 2 is 1.37 bits per heavy atom. The highest BCUT2D eigenvalue weighted by Gasteiger charge is 2.10. The van der Waals surface area contributed by atoms with Crippen molar-refractivity contribution < 1.29 is 10.2 Å². The molecule has 0 heterocycles. The molecule has 0 aromatic heterocycles. The summed E-state index contributed by atoms with van der Waals surface area (Å²) in [6.07, 6.45) is 10.3. The number of rotatable bonds is 13. The third kappa shape index (κ3) is 12.6. The van der Waals surface area contributed by atoms with Crippen LogP contribution in [0.1, 0.15) is 78.6 Å². The summed E-state index contributed by atoms with van der Waals surface area (Å²) in [5.41, 5.74) is 0. The van der Waals surface area contributed by atoms with Crippen LogP contribution in [0.25, 0.3) is 0 Å². The van der Waals surface area contributed by atoms with E-state index < -0.39 is 6.23 Å². The van der Waals surface area contributed by atoms with E-state index in [0.29, 0.717) is 6.54 Å². The summed E-state index contributed by atoms with van der Waals surface area (Å²) in [5, 5.41) is 22.3. The van der Waals surface area contributed by atoms with Gasteiger partial charge in [0.1, 0.15) is 6.23 Å². The average Bonchev–Trinajstić information content (AvgIpc) is 2.38. The number of aliphatic hydroxyl groups excluding tert-OH is 2. The number of hydrogen-bond donors (Lipinski definition) is 3. The standard InChI is InChI=1S/C16H35NO2/c1-4-5-6-7-8-9-10-11-12-15(18)13-17-16(19)14(2)3/h14-19H,4-13H2,1-3H3. The van der Waals surface area contributed by atoms with Gasteiger partial charge < -0.3 is 10.2 Å². The van der Waals surface area contributed by atoms with Crippen molar-refractivity contribution in [3.63, 3.8) is 0 Å². The van der Waals surface area contributed by atoms with Crippen LogP contribution >= 0.6 is 0 Å². The fraction of sp³-hybridized carbons (Fsp3) is 1.00. The first-order valence-electron chi connectivity index (χ1n) is 8.17. The predicted molar refractivity (Wildman–Crippen MR) is 82.1 cm³/mol. The van der Waals surface area contributed by atoms with Gasteiger partial charge in [-0.1, -0.05) is 72.1 Å². The Hall–Kier alpha value is -0.120. The van der Waals surface area contributed by atoms with Crippen LogP contribution in [-0.4, -0.2) is 29.1 Å². The lowest BCUT2D eigenvalue weighted by molar-refractivity contribution is 0.0664. The predicted octanol–water partition coefficient (Wildman–Crippen LogP) is 3.44. The molecule has 3 heteroatoms. The molecule has 0 rings (SSSR count). The van der Waals surface area contributed by atoms with Crippen molar-refractivity contribution >= 4 is 0 Å². The van der Waals surface area contributed by atoms with Gasteiger partial charge in [-0.15, -0.1) is 0 Å². The molecular formula is C16H35NO2. The molecule has 0 saturated carbocycles. The summed E-state index contributed by atoms with van der Waals surface area (Å²) in [5.74, 6) is 0.190. The van der Waals surface area contributed by atoms with E-state index in [0.717, 1.165) is 12.8 Å². The van der Waals surface area contributed by atoms with Gasteiger partial charge in [0, 0.05) is 6.54 Å². The zero-order chi connectivity index (χ0) is 14.5. The first kappa shape index (κ1) is 18.9. The van der Waals surface area contributed by atoms with Gasteiger partial charge in [0.05, 0.1) is 6.10 Å². The van der Waals surface area contributed by atoms with Gasteiger partial charge >= 0.3 is 0 Å². The summed E-state index contributed by atoms with van der Waals surface area (Å²) in [4.78, 5) is 0. The first-order chi connectivity index (χ1) is 9.07. The van der Waals surface area contributed by atoms with Crippen LogP contribution < -0.4 is 5.32 Å². The van der Waals surface area contributed by atoms with Gasteiger partial charge in [0.2, 0.25) is 0 Å². The minimum absolute atomic E-state index is 0.190. The SMILES string of the molecule is CCCCCCCCCCC(O)CNC(O)C(C)C. The Kier molecular flexibility index (Phi) is 12.8. The molecule has 0 aromatic carbocycles. The van der Waals surface area contributed by atoms with E-state index in [1.807, 2.05) is 13.8 Å². The highest BCUT2D eigenvalue weighted by Crippen LogP contribution is 2.10. The summed E-state index contributed by atoms with van der Waals surface area (Å²) < 4.78 is 0. The molecule has 0 bridgehead atoms. The van der Waals surface area contributed by atoms with E-state index in [4.69, 9.17) is 0 Å². The van der Waals surface area contributed by atoms with Crippen molar-refractivity contribution in [3.05, 3.63) is 0 Å². The summed E-state index contributed by atoms with van der Waals surface area (Å²) in [6, 6.07) is 0. The highest BCUT2D eigenvalue weighted by molar-refractivity contribution is 4.64. The number of unbranched alkanes of at least 4 members (excludes halogenated alkanes) is 7. The molecule has 116 valence electrons. The third-order valence-corrected chi connectivity index (χ3v) is 3.58. The maximum Gasteiger partial charge on any atom is 0.107 e. The Balaban J connectivity index is 3.27. The Labute approximate surface area is 119 Å². The number of nitrogens with one attached hydrogen (secondary N) is 1. The molecule has 0 radical (unpaired) electrons. The van der Waals surface area contributed by atoms with Gasteiger partial charge in [-0.3, -0.25) is 5.32 Å². The number of aliphatic hydroxyl groups is 2. The van der Waals surface area contributed by atoms with Crippen molar-refractivity contribution in [1.29, 1.82) is 0 Å². The molecule has 2 atom stereocenters. The van der Waals surface area contributed by atoms with Crippen LogP contribution in [0.2, 0.25) is 0 Å². The van der Waals surface area contributed by atoms with Crippen LogP contribution in [-0.2, 0) is 0 Å². The monoisotopic (exact) mass is 273 g/mol. The lowest BCUT2D eigenvalue weighted by Gasteiger charge is -2.18. The summed E-state index contributed by atoms with van der Waals surface area (Å²) in [7, 11) is 0. The van der Waals surface area contributed by atoms with Gasteiger partial charge in [-0.05, 0) is 12.3 Å². The van der Waals surface area contributed by atoms with Crippen LogP contribution in [0.3, 0.4) is 0 Å². The van der Waals surface area contributed by atoms with Crippen LogP contribution in [0.4, 0.5) is 0 Å². The van der Waals surface area contributed by atoms with E-state index in [2.05, 4.69) is 12.2 Å². The van der Waals surface area contributed by atoms with E-state index in [1.165, 1.54) is 44.9 Å². The quantitative estimate of drug-likeness (QED) is 0.356. The smallest absolute Gasteiger partial charge is 0.107 e. The largest absolute Gasteiger partial charge is 0.392 e. The van der Waals surface area contributed by atoms with Crippen molar-refractivity contribution in [1.82, 2.24) is 5.32 Å². The topological polar surface area (TPSA) is 52.5 Å². The second-order valence-corrected chi connectivity index (χ2v) is 6.01. The van der Waals surface area contributed by atoms with E-state index in [9.17, 15) is 10.2 Å². The van der Waals surface area contributed by atoms with Crippen LogP contribution in [0.5, 0.6) is 0 Å². The lowest BCUT2D eigenvalue weighted by Crippen LogP contribution is -2.38. The molecule has 0 amide bonds. The normalized spacial score (nSPS) is 14.8. The number of hydrogen-bond acceptors (Lipinski definition) is 3. The molecule has 0 aliphatic carbocycles. The molecule has 0 aromatic rings. The molecule has 0 aliphatic rings. The average molecular weight is 273 g/mol. The van der Waals surface area contributed by atoms with Gasteiger partial charge in [-0.25, -0.2) is 0 Å². The second kappa shape index (κ2) is 12.9. The molecule has 3 N–H and O–H groups in total. The molecule has 2 unspecified atom stereocenters. The fourth-order valence-electron chi connectivity index (χ4n) is 2.11. The zero-order valence-corrected chi connectivity index (χ0v) is 13.2. The second-order valence-electron chi connectivity index (χ2n) is 6.01. The van der Waals surface area contributed by atoms with Gasteiger partial charge in [0.25, 0.3) is 0 Å². The molecule has 19 heavy (non-hydrogen) atoms. The minimum Gasteiger partial charge on any atom is -0.392 e. The van der Waals surface area contributed by atoms with Gasteiger partial charge in [0.15, 0.2) is 0 Å². The lowest BCUT2D eigenvalue weighted by atomic mass is 10.1. The first-order valence-corrected chi connectivity index (χ1v) is 8.17. The van der Waals surface area contributed by atoms with E-state index >= 15 is 0 Å². The fourth-order valence-corrected chi connectivity index (χ4v) is 2.11. The summed E-state index contributed by atoms with van der Waals surface area (Å²) in [6.45, 7) is 6.66. The third-order valence-electron chi connectivity index (χ3n) is 3.58. The maximum absolute atomic E-state index is 9.78. The Morgan fingerprint density at radius 1 is 0.842 bits per heavy atom. The summed E-state index contributed by atoms with van der Waals surface area (Å²) >= 11 is 0. The maximum atomic E-state index is 9.78. The molecule has 0 saturated heterocycles. The van der Waals surface area contributed by atoms with Gasteiger partial charge in [-0.2, -0.15) is 0 Å². The minimum atomic E-state index is -0.506. The van der Waals surface area contributed by atoms with Crippen molar-refractivity contribution in [3.8, 4) is 0 Å². The van der Waals surface area contributed by atoms with Crippen molar-refractivity contribution in [2.24, 2.45) is 5.92 Å². The van der Waals surface area contributed by atoms with Crippen LogP contribution in [0, 0.1) is 5.92 Å². The molecular weight excluding hydrogens is 238 g/mol. The molecule has 0 fully saturated rings. The highest BCUT2D eigenvalue weighted by atomic mass is 16.3. The molecule has 0 aliphatic heterocycles. The molecule has 0 spiro atoms. The molecule has 3 nitrogen and oxygen atoms in total. The van der Waals surface area contributed by atoms with Crippen LogP contribution in [0.15, 0.2) is 0 Å². The van der Waals surface area contributed by atoms with Crippen molar-refractivity contribution in [2.45, 2.75) is 90.9 Å². The van der Waals surface area contributed by atoms with Crippen molar-refractivity contribution in [2.75, 3.05) is 6.54 Å². The zero-order valence-electron chi connectivity index (χ0n) is 13.2. The van der Waals surface area contributed by atoms with E-state index in [1.54, 1.807) is 0 Å². The Morgan fingerprint density at radius 3 is 1.89 bits per heavy atom. The Bertz CT molecular complexity index is 186.